The minimum atomic E-state index is 0.399. The zero-order valence-electron chi connectivity index (χ0n) is 8.83. The number of aromatic hydroxyl groups is 1. The quantitative estimate of drug-likeness (QED) is 0.698. The van der Waals surface area contributed by atoms with Gasteiger partial charge in [0.25, 0.3) is 0 Å². The van der Waals surface area contributed by atoms with E-state index in [9.17, 15) is 5.11 Å². The molecule has 2 heteroatoms. The van der Waals surface area contributed by atoms with E-state index in [1.807, 2.05) is 13.0 Å². The van der Waals surface area contributed by atoms with Crippen LogP contribution in [0, 0.1) is 6.92 Å². The predicted octanol–water partition coefficient (Wildman–Crippen LogP) is 2.40. The Hall–Kier alpha value is -1.02. The summed E-state index contributed by atoms with van der Waals surface area (Å²) in [4.78, 5) is 0. The summed E-state index contributed by atoms with van der Waals surface area (Å²) in [5, 5.41) is 9.35. The molecule has 13 heavy (non-hydrogen) atoms. The molecule has 0 heterocycles. The molecule has 1 aromatic carbocycles. The summed E-state index contributed by atoms with van der Waals surface area (Å²) in [5.41, 5.74) is 6.73. The largest absolute Gasteiger partial charge is 0.508 e. The predicted molar refractivity (Wildman–Crippen MR) is 57.0 cm³/mol. The highest BCUT2D eigenvalue weighted by atomic mass is 16.3. The van der Waals surface area contributed by atoms with Gasteiger partial charge in [-0.3, -0.25) is 0 Å². The molecule has 0 unspecified atom stereocenters. The standard InChI is InChI=1S/C10H14O.CH5N/c1-7(2)9-5-4-6-10(11)8(9)3;1-2/h4-7,11H,1-3H3;2H2,1H3. The van der Waals surface area contributed by atoms with Gasteiger partial charge >= 0.3 is 0 Å². The van der Waals surface area contributed by atoms with Crippen LogP contribution in [0.3, 0.4) is 0 Å². The first-order valence-corrected chi connectivity index (χ1v) is 4.49. The van der Waals surface area contributed by atoms with Crippen molar-refractivity contribution in [1.29, 1.82) is 0 Å². The van der Waals surface area contributed by atoms with Crippen LogP contribution in [0.1, 0.15) is 30.9 Å². The van der Waals surface area contributed by atoms with Gasteiger partial charge in [0.1, 0.15) is 5.75 Å². The highest BCUT2D eigenvalue weighted by Crippen LogP contribution is 2.25. The number of phenols is 1. The number of nitrogens with two attached hydrogens (primary N) is 1. The lowest BCUT2D eigenvalue weighted by molar-refractivity contribution is 0.469. The van der Waals surface area contributed by atoms with E-state index in [1.165, 1.54) is 12.6 Å². The minimum Gasteiger partial charge on any atom is -0.508 e. The van der Waals surface area contributed by atoms with E-state index in [0.29, 0.717) is 11.7 Å². The lowest BCUT2D eigenvalue weighted by Crippen LogP contribution is -1.90. The Kier molecular flexibility index (Phi) is 5.16. The van der Waals surface area contributed by atoms with Crippen molar-refractivity contribution in [3.8, 4) is 5.75 Å². The molecule has 0 fully saturated rings. The van der Waals surface area contributed by atoms with Gasteiger partial charge in [-0.1, -0.05) is 26.0 Å². The van der Waals surface area contributed by atoms with Gasteiger partial charge < -0.3 is 10.8 Å². The van der Waals surface area contributed by atoms with Crippen molar-refractivity contribution in [1.82, 2.24) is 0 Å². The van der Waals surface area contributed by atoms with Gasteiger partial charge in [-0.05, 0) is 37.1 Å². The number of phenolic OH excluding ortho intramolecular Hbond substituents is 1. The first kappa shape index (κ1) is 12.0. The summed E-state index contributed by atoms with van der Waals surface area (Å²) < 4.78 is 0. The molecule has 0 amide bonds. The third kappa shape index (κ3) is 3.07. The molecule has 0 atom stereocenters. The first-order valence-electron chi connectivity index (χ1n) is 4.49. The van der Waals surface area contributed by atoms with Gasteiger partial charge in [0.05, 0.1) is 0 Å². The zero-order valence-corrected chi connectivity index (χ0v) is 8.83. The van der Waals surface area contributed by atoms with E-state index < -0.39 is 0 Å². The molecule has 2 nitrogen and oxygen atoms in total. The summed E-state index contributed by atoms with van der Waals surface area (Å²) in [6.07, 6.45) is 0. The highest BCUT2D eigenvalue weighted by molar-refractivity contribution is 5.39. The maximum absolute atomic E-state index is 9.35. The van der Waals surface area contributed by atoms with Gasteiger partial charge in [0.2, 0.25) is 0 Å². The molecule has 0 bridgehead atoms. The number of hydrogen-bond donors (Lipinski definition) is 2. The van der Waals surface area contributed by atoms with Crippen molar-refractivity contribution in [2.45, 2.75) is 26.7 Å². The van der Waals surface area contributed by atoms with E-state index in [1.54, 1.807) is 6.07 Å². The van der Waals surface area contributed by atoms with Crippen LogP contribution in [0.5, 0.6) is 5.75 Å². The molecule has 1 aromatic rings. The number of benzene rings is 1. The van der Waals surface area contributed by atoms with Gasteiger partial charge in [-0.15, -0.1) is 0 Å². The van der Waals surface area contributed by atoms with Crippen LogP contribution in [-0.4, -0.2) is 12.2 Å². The van der Waals surface area contributed by atoms with Crippen LogP contribution in [0.15, 0.2) is 18.2 Å². The molecule has 0 radical (unpaired) electrons. The Labute approximate surface area is 80.4 Å². The maximum Gasteiger partial charge on any atom is 0.118 e. The smallest absolute Gasteiger partial charge is 0.118 e. The van der Waals surface area contributed by atoms with Crippen LogP contribution < -0.4 is 5.73 Å². The first-order chi connectivity index (χ1) is 6.13. The molecule has 0 aromatic heterocycles. The molecule has 0 aliphatic carbocycles. The van der Waals surface area contributed by atoms with Gasteiger partial charge in [-0.2, -0.15) is 0 Å². The van der Waals surface area contributed by atoms with E-state index in [4.69, 9.17) is 0 Å². The van der Waals surface area contributed by atoms with Crippen LogP contribution in [-0.2, 0) is 0 Å². The van der Waals surface area contributed by atoms with Crippen LogP contribution >= 0.6 is 0 Å². The Morgan fingerprint density at radius 1 is 1.23 bits per heavy atom. The molecule has 3 N–H and O–H groups in total. The Morgan fingerprint density at radius 3 is 2.15 bits per heavy atom. The molecule has 0 saturated heterocycles. The van der Waals surface area contributed by atoms with Crippen LogP contribution in [0.25, 0.3) is 0 Å². The summed E-state index contributed by atoms with van der Waals surface area (Å²) >= 11 is 0. The fraction of sp³-hybridized carbons (Fsp3) is 0.455. The average molecular weight is 181 g/mol. The highest BCUT2D eigenvalue weighted by Gasteiger charge is 2.04. The van der Waals surface area contributed by atoms with E-state index in [0.717, 1.165) is 5.56 Å². The summed E-state index contributed by atoms with van der Waals surface area (Å²) in [7, 11) is 1.50. The third-order valence-corrected chi connectivity index (χ3v) is 1.97. The van der Waals surface area contributed by atoms with Gasteiger partial charge in [0, 0.05) is 0 Å². The molecular formula is C11H19NO. The average Bonchev–Trinajstić information content (AvgIpc) is 2.13. The normalized spacial score (nSPS) is 9.38. The lowest BCUT2D eigenvalue weighted by Gasteiger charge is -2.09. The maximum atomic E-state index is 9.35. The number of rotatable bonds is 1. The van der Waals surface area contributed by atoms with Crippen molar-refractivity contribution in [3.63, 3.8) is 0 Å². The van der Waals surface area contributed by atoms with Gasteiger partial charge in [-0.25, -0.2) is 0 Å². The molecule has 74 valence electrons. The molecule has 0 saturated carbocycles. The van der Waals surface area contributed by atoms with Crippen LogP contribution in [0.2, 0.25) is 0 Å². The summed E-state index contributed by atoms with van der Waals surface area (Å²) in [5.74, 6) is 0.887. The molecule has 1 rings (SSSR count). The monoisotopic (exact) mass is 181 g/mol. The minimum absolute atomic E-state index is 0.399. The summed E-state index contributed by atoms with van der Waals surface area (Å²) in [6, 6.07) is 5.67. The molecule has 0 aliphatic rings. The van der Waals surface area contributed by atoms with E-state index in [-0.39, 0.29) is 0 Å². The van der Waals surface area contributed by atoms with Crippen LogP contribution in [0.4, 0.5) is 0 Å². The SMILES string of the molecule is CN.Cc1c(O)cccc1C(C)C. The second kappa shape index (κ2) is 5.60. The lowest BCUT2D eigenvalue weighted by atomic mass is 9.98. The van der Waals surface area contributed by atoms with Gasteiger partial charge in [0.15, 0.2) is 0 Å². The fourth-order valence-electron chi connectivity index (χ4n) is 1.27. The van der Waals surface area contributed by atoms with Crippen molar-refractivity contribution in [3.05, 3.63) is 29.3 Å². The zero-order chi connectivity index (χ0) is 10.4. The van der Waals surface area contributed by atoms with Crippen molar-refractivity contribution < 1.29 is 5.11 Å². The molecule has 0 spiro atoms. The third-order valence-electron chi connectivity index (χ3n) is 1.97. The topological polar surface area (TPSA) is 46.2 Å². The van der Waals surface area contributed by atoms with Crippen molar-refractivity contribution in [2.24, 2.45) is 5.73 Å². The number of hydrogen-bond acceptors (Lipinski definition) is 2. The summed E-state index contributed by atoms with van der Waals surface area (Å²) in [6.45, 7) is 6.20. The molecule has 0 aliphatic heterocycles. The Bertz CT molecular complexity index is 256. The second-order valence-corrected chi connectivity index (χ2v) is 3.15. The Balaban J connectivity index is 0.000000671. The van der Waals surface area contributed by atoms with E-state index in [2.05, 4.69) is 25.6 Å². The Morgan fingerprint density at radius 2 is 1.77 bits per heavy atom. The van der Waals surface area contributed by atoms with E-state index >= 15 is 0 Å². The van der Waals surface area contributed by atoms with Crippen molar-refractivity contribution >= 4 is 0 Å². The second-order valence-electron chi connectivity index (χ2n) is 3.15. The molecular weight excluding hydrogens is 162 g/mol. The fourth-order valence-corrected chi connectivity index (χ4v) is 1.27. The van der Waals surface area contributed by atoms with Crippen molar-refractivity contribution in [2.75, 3.05) is 7.05 Å².